The molecule has 1 fully saturated rings. The number of esters is 1. The average Bonchev–Trinajstić information content (AvgIpc) is 2.97. The Bertz CT molecular complexity index is 1020. The maximum Gasteiger partial charge on any atom is 0.310 e. The third-order valence-corrected chi connectivity index (χ3v) is 6.26. The summed E-state index contributed by atoms with van der Waals surface area (Å²) in [6.45, 7) is 9.61. The van der Waals surface area contributed by atoms with Gasteiger partial charge in [0.05, 0.1) is 25.5 Å². The van der Waals surface area contributed by atoms with Crippen LogP contribution in [0.5, 0.6) is 5.75 Å². The zero-order chi connectivity index (χ0) is 24.4. The van der Waals surface area contributed by atoms with E-state index in [1.807, 2.05) is 83.1 Å². The van der Waals surface area contributed by atoms with E-state index in [0.29, 0.717) is 0 Å². The van der Waals surface area contributed by atoms with Crippen molar-refractivity contribution in [2.45, 2.75) is 65.5 Å². The predicted octanol–water partition coefficient (Wildman–Crippen LogP) is 4.65. The molecule has 6 heteroatoms. The fourth-order valence-electron chi connectivity index (χ4n) is 4.15. The van der Waals surface area contributed by atoms with Gasteiger partial charge < -0.3 is 9.47 Å². The lowest BCUT2D eigenvalue weighted by molar-refractivity contribution is -0.154. The highest BCUT2D eigenvalue weighted by Gasteiger charge is 2.51. The van der Waals surface area contributed by atoms with Crippen molar-refractivity contribution in [2.24, 2.45) is 5.41 Å². The first-order valence-corrected chi connectivity index (χ1v) is 11.2. The van der Waals surface area contributed by atoms with Gasteiger partial charge in [0.15, 0.2) is 0 Å². The largest absolute Gasteiger partial charge is 0.497 e. The van der Waals surface area contributed by atoms with Crippen LogP contribution in [-0.4, -0.2) is 35.4 Å². The molecule has 6 nitrogen and oxygen atoms in total. The highest BCUT2D eigenvalue weighted by molar-refractivity contribution is 6.06. The fourth-order valence-corrected chi connectivity index (χ4v) is 4.15. The van der Waals surface area contributed by atoms with Crippen LogP contribution in [0.2, 0.25) is 0 Å². The quantitative estimate of drug-likeness (QED) is 0.453. The van der Waals surface area contributed by atoms with E-state index in [1.54, 1.807) is 7.11 Å². The standard InChI is InChI=1S/C27H33NO5/c1-18(21-11-7-19(8-12-21)15-24(30)33-26(2,3)4)27(5)16-23(29)28(25(27)31)17-20-9-13-22(32-6)14-10-20/h7-14,18H,15-17H2,1-6H3/t18-,27+/m1/s1. The summed E-state index contributed by atoms with van der Waals surface area (Å²) in [6.07, 6.45) is 0.360. The molecule has 2 atom stereocenters. The minimum atomic E-state index is -0.823. The Kier molecular flexibility index (Phi) is 6.96. The number of hydrogen-bond acceptors (Lipinski definition) is 5. The fraction of sp³-hybridized carbons (Fsp3) is 0.444. The van der Waals surface area contributed by atoms with Crippen molar-refractivity contribution in [3.05, 3.63) is 65.2 Å². The van der Waals surface area contributed by atoms with Gasteiger partial charge in [0.2, 0.25) is 11.8 Å². The normalized spacial score (nSPS) is 19.5. The highest BCUT2D eigenvalue weighted by atomic mass is 16.6. The molecule has 3 rings (SSSR count). The molecule has 0 bridgehead atoms. The number of imide groups is 1. The van der Waals surface area contributed by atoms with Crippen LogP contribution in [0, 0.1) is 5.41 Å². The first-order chi connectivity index (χ1) is 15.4. The summed E-state index contributed by atoms with van der Waals surface area (Å²) in [7, 11) is 1.60. The number of carbonyl (C=O) groups is 3. The first kappa shape index (κ1) is 24.5. The second-order valence-electron chi connectivity index (χ2n) is 9.95. The van der Waals surface area contributed by atoms with Gasteiger partial charge in [0, 0.05) is 6.42 Å². The van der Waals surface area contributed by atoms with Crippen molar-refractivity contribution in [3.8, 4) is 5.75 Å². The van der Waals surface area contributed by atoms with Crippen LogP contribution >= 0.6 is 0 Å². The van der Waals surface area contributed by atoms with Crippen LogP contribution in [0.15, 0.2) is 48.5 Å². The molecular formula is C27H33NO5. The molecular weight excluding hydrogens is 418 g/mol. The van der Waals surface area contributed by atoms with Gasteiger partial charge in [-0.3, -0.25) is 19.3 Å². The summed E-state index contributed by atoms with van der Waals surface area (Å²) >= 11 is 0. The second-order valence-corrected chi connectivity index (χ2v) is 9.95. The molecule has 0 radical (unpaired) electrons. The smallest absolute Gasteiger partial charge is 0.310 e. The Morgan fingerprint density at radius 2 is 1.61 bits per heavy atom. The number of hydrogen-bond donors (Lipinski definition) is 0. The van der Waals surface area contributed by atoms with Crippen LogP contribution in [0.4, 0.5) is 0 Å². The van der Waals surface area contributed by atoms with Crippen molar-refractivity contribution >= 4 is 17.8 Å². The van der Waals surface area contributed by atoms with Gasteiger partial charge in [0.25, 0.3) is 0 Å². The number of likely N-dealkylation sites (tertiary alicyclic amines) is 1. The van der Waals surface area contributed by atoms with Gasteiger partial charge in [-0.1, -0.05) is 43.3 Å². The van der Waals surface area contributed by atoms with Crippen LogP contribution in [-0.2, 0) is 32.1 Å². The Morgan fingerprint density at radius 3 is 2.15 bits per heavy atom. The maximum atomic E-state index is 13.3. The zero-order valence-corrected chi connectivity index (χ0v) is 20.3. The predicted molar refractivity (Wildman–Crippen MR) is 126 cm³/mol. The molecule has 0 spiro atoms. The Labute approximate surface area is 195 Å². The number of rotatable bonds is 7. The van der Waals surface area contributed by atoms with Crippen molar-refractivity contribution in [1.29, 1.82) is 0 Å². The topological polar surface area (TPSA) is 72.9 Å². The molecule has 2 aromatic rings. The number of nitrogens with zero attached hydrogens (tertiary/aromatic N) is 1. The van der Waals surface area contributed by atoms with Crippen LogP contribution in [0.3, 0.4) is 0 Å². The summed E-state index contributed by atoms with van der Waals surface area (Å²) in [5, 5.41) is 0. The molecule has 0 unspecified atom stereocenters. The van der Waals surface area contributed by atoms with E-state index in [9.17, 15) is 14.4 Å². The number of ether oxygens (including phenoxy) is 2. The summed E-state index contributed by atoms with van der Waals surface area (Å²) in [6, 6.07) is 15.0. The van der Waals surface area contributed by atoms with Crippen LogP contribution < -0.4 is 4.74 Å². The highest BCUT2D eigenvalue weighted by Crippen LogP contribution is 2.45. The molecule has 33 heavy (non-hydrogen) atoms. The van der Waals surface area contributed by atoms with Crippen molar-refractivity contribution in [1.82, 2.24) is 4.90 Å². The lowest BCUT2D eigenvalue weighted by Crippen LogP contribution is -2.36. The lowest BCUT2D eigenvalue weighted by atomic mass is 9.73. The molecule has 0 aliphatic carbocycles. The third-order valence-electron chi connectivity index (χ3n) is 6.26. The molecule has 1 heterocycles. The molecule has 0 N–H and O–H groups in total. The minimum Gasteiger partial charge on any atom is -0.497 e. The van der Waals surface area contributed by atoms with E-state index in [2.05, 4.69) is 0 Å². The first-order valence-electron chi connectivity index (χ1n) is 11.2. The van der Waals surface area contributed by atoms with Crippen LogP contribution in [0.25, 0.3) is 0 Å². The van der Waals surface area contributed by atoms with Crippen LogP contribution in [0.1, 0.15) is 63.6 Å². The molecule has 1 aliphatic rings. The Balaban J connectivity index is 1.70. The monoisotopic (exact) mass is 451 g/mol. The molecule has 1 aliphatic heterocycles. The summed E-state index contributed by atoms with van der Waals surface area (Å²) in [5.41, 5.74) is 1.34. The SMILES string of the molecule is COc1ccc(CN2C(=O)C[C@@](C)([C@H](C)c3ccc(CC(=O)OC(C)(C)C)cc3)C2=O)cc1. The van der Waals surface area contributed by atoms with Gasteiger partial charge in [-0.15, -0.1) is 0 Å². The van der Waals surface area contributed by atoms with E-state index in [1.165, 1.54) is 4.90 Å². The van der Waals surface area contributed by atoms with Gasteiger partial charge in [0.1, 0.15) is 11.4 Å². The van der Waals surface area contributed by atoms with E-state index < -0.39 is 11.0 Å². The van der Waals surface area contributed by atoms with Crippen molar-refractivity contribution in [2.75, 3.05) is 7.11 Å². The van der Waals surface area contributed by atoms with Crippen molar-refractivity contribution in [3.63, 3.8) is 0 Å². The zero-order valence-electron chi connectivity index (χ0n) is 20.3. The van der Waals surface area contributed by atoms with Gasteiger partial charge in [-0.25, -0.2) is 0 Å². The summed E-state index contributed by atoms with van der Waals surface area (Å²) in [4.78, 5) is 39.6. The van der Waals surface area contributed by atoms with E-state index in [4.69, 9.17) is 9.47 Å². The molecule has 176 valence electrons. The van der Waals surface area contributed by atoms with Gasteiger partial charge in [-0.05, 0) is 62.4 Å². The number of carbonyl (C=O) groups excluding carboxylic acids is 3. The number of methoxy groups -OCH3 is 1. The third kappa shape index (κ3) is 5.62. The van der Waals surface area contributed by atoms with Gasteiger partial charge >= 0.3 is 5.97 Å². The number of amides is 2. The summed E-state index contributed by atoms with van der Waals surface area (Å²) < 4.78 is 10.6. The Hall–Kier alpha value is -3.15. The minimum absolute atomic E-state index is 0.159. The van der Waals surface area contributed by atoms with E-state index >= 15 is 0 Å². The molecule has 2 amide bonds. The molecule has 1 saturated heterocycles. The lowest BCUT2D eigenvalue weighted by Gasteiger charge is -2.29. The van der Waals surface area contributed by atoms with E-state index in [0.717, 1.165) is 22.4 Å². The molecule has 0 saturated carbocycles. The molecule has 2 aromatic carbocycles. The molecule has 0 aromatic heterocycles. The van der Waals surface area contributed by atoms with Crippen molar-refractivity contribution < 1.29 is 23.9 Å². The van der Waals surface area contributed by atoms with Gasteiger partial charge in [-0.2, -0.15) is 0 Å². The Morgan fingerprint density at radius 1 is 1.03 bits per heavy atom. The van der Waals surface area contributed by atoms with E-state index in [-0.39, 0.29) is 43.1 Å². The second kappa shape index (κ2) is 9.38. The average molecular weight is 452 g/mol. The summed E-state index contributed by atoms with van der Waals surface area (Å²) in [5.74, 6) is -0.0295. The number of benzene rings is 2. The maximum absolute atomic E-state index is 13.3.